The van der Waals surface area contributed by atoms with Crippen molar-refractivity contribution in [1.29, 1.82) is 0 Å². The Morgan fingerprint density at radius 1 is 0.235 bits per heavy atom. The Kier molecular flexibility index (Phi) is 9.47. The summed E-state index contributed by atoms with van der Waals surface area (Å²) in [5, 5.41) is 4.82. The fourth-order valence-corrected chi connectivity index (χ4v) is 10.2. The van der Waals surface area contributed by atoms with Crippen molar-refractivity contribution in [2.24, 2.45) is 0 Å². The minimum Gasteiger partial charge on any atom is -0.309 e. The highest BCUT2D eigenvalue weighted by atomic mass is 15.0. The summed E-state index contributed by atoms with van der Waals surface area (Å²) in [6.45, 7) is 0. The van der Waals surface area contributed by atoms with Gasteiger partial charge in [0.05, 0.1) is 44.8 Å². The molecular formula is C64H42N4. The molecule has 4 nitrogen and oxygen atoms in total. The highest BCUT2D eigenvalue weighted by Crippen LogP contribution is 2.43. The molecule has 0 spiro atoms. The van der Waals surface area contributed by atoms with Gasteiger partial charge in [0.15, 0.2) is 5.82 Å². The SMILES string of the molecule is c1ccc(-c2ccc3c(c2)c2ccccc2n3-c2ccccc2-c2cc(-c3nc(-c4ccccc4)cc(-c4ccccc4)n3)ccc2-n2c3ccccc3c3cc(-c4ccccc4)ccc32)cc1. The molecule has 0 fully saturated rings. The average molecular weight is 867 g/mol. The smallest absolute Gasteiger partial charge is 0.160 e. The van der Waals surface area contributed by atoms with Crippen LogP contribution in [0.3, 0.4) is 0 Å². The molecule has 68 heavy (non-hydrogen) atoms. The average Bonchev–Trinajstić information content (AvgIpc) is 3.93. The zero-order chi connectivity index (χ0) is 45.0. The van der Waals surface area contributed by atoms with Crippen LogP contribution in [0.1, 0.15) is 0 Å². The quantitative estimate of drug-likeness (QED) is 0.153. The van der Waals surface area contributed by atoms with Crippen molar-refractivity contribution in [2.45, 2.75) is 0 Å². The number of para-hydroxylation sites is 3. The molecule has 0 N–H and O–H groups in total. The fraction of sp³-hybridized carbons (Fsp3) is 0. The zero-order valence-corrected chi connectivity index (χ0v) is 37.0. The molecule has 13 aromatic rings. The van der Waals surface area contributed by atoms with E-state index in [1.807, 2.05) is 12.1 Å². The second-order valence-electron chi connectivity index (χ2n) is 17.3. The van der Waals surface area contributed by atoms with E-state index < -0.39 is 0 Å². The summed E-state index contributed by atoms with van der Waals surface area (Å²) < 4.78 is 4.90. The largest absolute Gasteiger partial charge is 0.309 e. The van der Waals surface area contributed by atoms with E-state index >= 15 is 0 Å². The molecule has 0 bridgehead atoms. The molecule has 3 heterocycles. The van der Waals surface area contributed by atoms with Gasteiger partial charge in [0, 0.05) is 49.4 Å². The Balaban J connectivity index is 1.09. The van der Waals surface area contributed by atoms with Gasteiger partial charge in [-0.1, -0.05) is 188 Å². The Morgan fingerprint density at radius 3 is 1.15 bits per heavy atom. The van der Waals surface area contributed by atoms with E-state index in [1.165, 1.54) is 43.8 Å². The maximum Gasteiger partial charge on any atom is 0.160 e. The van der Waals surface area contributed by atoms with E-state index in [-0.39, 0.29) is 0 Å². The molecule has 0 aliphatic heterocycles. The summed E-state index contributed by atoms with van der Waals surface area (Å²) in [6, 6.07) is 91.2. The van der Waals surface area contributed by atoms with Crippen LogP contribution in [-0.4, -0.2) is 19.1 Å². The topological polar surface area (TPSA) is 35.6 Å². The first-order valence-corrected chi connectivity index (χ1v) is 23.2. The van der Waals surface area contributed by atoms with Crippen LogP contribution in [0, 0.1) is 0 Å². The number of rotatable bonds is 8. The summed E-state index contributed by atoms with van der Waals surface area (Å²) in [4.78, 5) is 10.7. The van der Waals surface area contributed by atoms with Crippen molar-refractivity contribution in [2.75, 3.05) is 0 Å². The third-order valence-corrected chi connectivity index (χ3v) is 13.4. The van der Waals surface area contributed by atoms with Gasteiger partial charge in [0.25, 0.3) is 0 Å². The molecule has 13 rings (SSSR count). The molecular weight excluding hydrogens is 825 g/mol. The Labute approximate surface area is 394 Å². The van der Waals surface area contributed by atoms with E-state index in [1.54, 1.807) is 0 Å². The zero-order valence-electron chi connectivity index (χ0n) is 37.0. The minimum atomic E-state index is 0.663. The van der Waals surface area contributed by atoms with Crippen LogP contribution in [0.5, 0.6) is 0 Å². The van der Waals surface area contributed by atoms with Gasteiger partial charge in [0.1, 0.15) is 0 Å². The van der Waals surface area contributed by atoms with E-state index in [0.717, 1.165) is 72.6 Å². The molecule has 0 atom stereocenters. The van der Waals surface area contributed by atoms with Crippen LogP contribution in [0.25, 0.3) is 122 Å². The fourth-order valence-electron chi connectivity index (χ4n) is 10.2. The molecule has 4 heteroatoms. The molecule has 0 saturated heterocycles. The third-order valence-electron chi connectivity index (χ3n) is 13.4. The minimum absolute atomic E-state index is 0.663. The van der Waals surface area contributed by atoms with Crippen LogP contribution < -0.4 is 0 Å². The van der Waals surface area contributed by atoms with Crippen LogP contribution in [0.15, 0.2) is 255 Å². The van der Waals surface area contributed by atoms with Crippen molar-refractivity contribution in [1.82, 2.24) is 19.1 Å². The maximum absolute atomic E-state index is 5.33. The van der Waals surface area contributed by atoms with Crippen molar-refractivity contribution in [3.63, 3.8) is 0 Å². The van der Waals surface area contributed by atoms with E-state index in [0.29, 0.717) is 5.82 Å². The van der Waals surface area contributed by atoms with Crippen LogP contribution in [-0.2, 0) is 0 Å². The maximum atomic E-state index is 5.33. The summed E-state index contributed by atoms with van der Waals surface area (Å²) in [5.74, 6) is 0.663. The van der Waals surface area contributed by atoms with Gasteiger partial charge in [0.2, 0.25) is 0 Å². The van der Waals surface area contributed by atoms with Crippen molar-refractivity contribution in [3.05, 3.63) is 255 Å². The van der Waals surface area contributed by atoms with Gasteiger partial charge in [-0.3, -0.25) is 0 Å². The summed E-state index contributed by atoms with van der Waals surface area (Å²) in [7, 11) is 0. The van der Waals surface area contributed by atoms with Gasteiger partial charge in [-0.15, -0.1) is 0 Å². The molecule has 0 aliphatic carbocycles. The molecule has 10 aromatic carbocycles. The molecule has 3 aromatic heterocycles. The van der Waals surface area contributed by atoms with E-state index in [9.17, 15) is 0 Å². The monoisotopic (exact) mass is 866 g/mol. The number of fused-ring (bicyclic) bond motifs is 6. The predicted octanol–water partition coefficient (Wildman–Crippen LogP) is 16.7. The highest BCUT2D eigenvalue weighted by molar-refractivity contribution is 6.13. The first-order chi connectivity index (χ1) is 33.7. The summed E-state index contributed by atoms with van der Waals surface area (Å²) in [6.07, 6.45) is 0. The molecule has 0 amide bonds. The number of hydrogen-bond donors (Lipinski definition) is 0. The predicted molar refractivity (Wildman–Crippen MR) is 283 cm³/mol. The Bertz CT molecular complexity index is 3940. The lowest BCUT2D eigenvalue weighted by Gasteiger charge is -2.20. The molecule has 0 saturated carbocycles. The second-order valence-corrected chi connectivity index (χ2v) is 17.3. The van der Waals surface area contributed by atoms with Crippen molar-refractivity contribution < 1.29 is 0 Å². The normalized spacial score (nSPS) is 11.5. The number of aromatic nitrogens is 4. The highest BCUT2D eigenvalue weighted by Gasteiger charge is 2.22. The van der Waals surface area contributed by atoms with E-state index in [4.69, 9.17) is 9.97 Å². The van der Waals surface area contributed by atoms with Gasteiger partial charge in [-0.05, 0) is 89.0 Å². The molecule has 318 valence electrons. The van der Waals surface area contributed by atoms with Crippen molar-refractivity contribution >= 4 is 43.6 Å². The van der Waals surface area contributed by atoms with Gasteiger partial charge in [-0.2, -0.15) is 0 Å². The second kappa shape index (κ2) is 16.4. The third kappa shape index (κ3) is 6.69. The summed E-state index contributed by atoms with van der Waals surface area (Å²) in [5.41, 5.74) is 18.4. The number of benzene rings is 10. The number of hydrogen-bond acceptors (Lipinski definition) is 2. The standard InChI is InChI=1S/C64H42N4/c1-5-19-43(20-6-1)47-33-36-61-53(39-47)50-27-13-16-30-58(50)67(61)59-31-17-15-29-52(59)55-41-49(64-65-56(45-23-9-3-10-24-45)42-57(66-64)46-25-11-4-12-26-46)35-38-63(55)68-60-32-18-14-28-51(60)54-40-48(34-37-62(54)68)44-21-7-2-8-22-44/h1-42H. The van der Waals surface area contributed by atoms with Gasteiger partial charge in [-0.25, -0.2) is 9.97 Å². The van der Waals surface area contributed by atoms with Gasteiger partial charge < -0.3 is 9.13 Å². The lowest BCUT2D eigenvalue weighted by Crippen LogP contribution is -2.03. The first kappa shape index (κ1) is 39.3. The van der Waals surface area contributed by atoms with Crippen LogP contribution in [0.2, 0.25) is 0 Å². The van der Waals surface area contributed by atoms with Crippen LogP contribution >= 0.6 is 0 Å². The number of nitrogens with zero attached hydrogens (tertiary/aromatic N) is 4. The molecule has 0 radical (unpaired) electrons. The van der Waals surface area contributed by atoms with Gasteiger partial charge >= 0.3 is 0 Å². The Hall–Kier alpha value is -9.12. The molecule has 0 aliphatic rings. The van der Waals surface area contributed by atoms with Crippen LogP contribution in [0.4, 0.5) is 0 Å². The van der Waals surface area contributed by atoms with Crippen molar-refractivity contribution in [3.8, 4) is 78.7 Å². The first-order valence-electron chi connectivity index (χ1n) is 23.2. The summed E-state index contributed by atoms with van der Waals surface area (Å²) >= 11 is 0. The van der Waals surface area contributed by atoms with E-state index in [2.05, 4.69) is 252 Å². The molecule has 0 unspecified atom stereocenters. The lowest BCUT2D eigenvalue weighted by atomic mass is 9.97. The lowest BCUT2D eigenvalue weighted by molar-refractivity contribution is 1.15. The Morgan fingerprint density at radius 2 is 0.632 bits per heavy atom.